The Morgan fingerprint density at radius 1 is 0.900 bits per heavy atom. The first-order valence-electron chi connectivity index (χ1n) is 9.50. The predicted molar refractivity (Wildman–Crippen MR) is 112 cm³/mol. The Kier molecular flexibility index (Phi) is 5.48. The molecule has 1 heterocycles. The summed E-state index contributed by atoms with van der Waals surface area (Å²) in [6.07, 6.45) is 0. The number of methoxy groups -OCH3 is 1. The Balaban J connectivity index is 1.54. The van der Waals surface area contributed by atoms with E-state index in [1.807, 2.05) is 12.1 Å². The second kappa shape index (κ2) is 8.37. The van der Waals surface area contributed by atoms with E-state index in [4.69, 9.17) is 14.0 Å². The highest BCUT2D eigenvalue weighted by molar-refractivity contribution is 5.63. The van der Waals surface area contributed by atoms with Crippen molar-refractivity contribution in [1.82, 2.24) is 10.1 Å². The third-order valence-electron chi connectivity index (χ3n) is 4.89. The van der Waals surface area contributed by atoms with Gasteiger partial charge in [-0.1, -0.05) is 29.4 Å². The number of hydrogen-bond acceptors (Lipinski definition) is 5. The number of aryl methyl sites for hydroxylation is 2. The Morgan fingerprint density at radius 3 is 2.53 bits per heavy atom. The van der Waals surface area contributed by atoms with Gasteiger partial charge in [0.1, 0.15) is 12.4 Å². The van der Waals surface area contributed by atoms with Crippen LogP contribution < -0.4 is 9.47 Å². The molecule has 0 aliphatic carbocycles. The number of benzene rings is 3. The molecule has 5 nitrogen and oxygen atoms in total. The van der Waals surface area contributed by atoms with Crippen molar-refractivity contribution >= 4 is 0 Å². The van der Waals surface area contributed by atoms with E-state index < -0.39 is 0 Å². The van der Waals surface area contributed by atoms with Crippen molar-refractivity contribution in [2.45, 2.75) is 20.5 Å². The Morgan fingerprint density at radius 2 is 1.77 bits per heavy atom. The summed E-state index contributed by atoms with van der Waals surface area (Å²) < 4.78 is 30.2. The molecule has 4 aromatic rings. The van der Waals surface area contributed by atoms with Crippen LogP contribution in [0, 0.1) is 19.7 Å². The summed E-state index contributed by atoms with van der Waals surface area (Å²) in [5, 5.41) is 4.00. The first kappa shape index (κ1) is 19.6. The summed E-state index contributed by atoms with van der Waals surface area (Å²) in [4.78, 5) is 4.37. The van der Waals surface area contributed by atoms with Crippen molar-refractivity contribution in [1.29, 1.82) is 0 Å². The maximum atomic E-state index is 13.4. The molecule has 30 heavy (non-hydrogen) atoms. The fraction of sp³-hybridized carbons (Fsp3) is 0.167. The van der Waals surface area contributed by atoms with Crippen LogP contribution in [0.2, 0.25) is 0 Å². The summed E-state index contributed by atoms with van der Waals surface area (Å²) in [5.74, 6) is 1.45. The fourth-order valence-electron chi connectivity index (χ4n) is 3.06. The van der Waals surface area contributed by atoms with E-state index in [1.165, 1.54) is 23.3 Å². The zero-order chi connectivity index (χ0) is 21.1. The fourth-order valence-corrected chi connectivity index (χ4v) is 3.06. The lowest BCUT2D eigenvalue weighted by Gasteiger charge is -2.12. The van der Waals surface area contributed by atoms with Crippen molar-refractivity contribution in [3.63, 3.8) is 0 Å². The van der Waals surface area contributed by atoms with Gasteiger partial charge in [-0.3, -0.25) is 0 Å². The zero-order valence-corrected chi connectivity index (χ0v) is 17.0. The van der Waals surface area contributed by atoms with E-state index >= 15 is 0 Å². The SMILES string of the molecule is COc1cc(-c2noc(-c3cccc(F)c3)n2)ccc1OCc1ccc(C)c(C)c1. The molecule has 0 N–H and O–H groups in total. The van der Waals surface area contributed by atoms with Crippen LogP contribution in [0.1, 0.15) is 16.7 Å². The van der Waals surface area contributed by atoms with Gasteiger partial charge in [-0.15, -0.1) is 0 Å². The lowest BCUT2D eigenvalue weighted by Crippen LogP contribution is -1.99. The Labute approximate surface area is 174 Å². The molecule has 6 heteroatoms. The number of aromatic nitrogens is 2. The van der Waals surface area contributed by atoms with Crippen molar-refractivity contribution < 1.29 is 18.4 Å². The minimum atomic E-state index is -0.362. The molecule has 152 valence electrons. The molecule has 0 amide bonds. The lowest BCUT2D eigenvalue weighted by atomic mass is 10.1. The molecule has 0 atom stereocenters. The van der Waals surface area contributed by atoms with Crippen LogP contribution in [0.15, 0.2) is 65.2 Å². The summed E-state index contributed by atoms with van der Waals surface area (Å²) >= 11 is 0. The monoisotopic (exact) mass is 404 g/mol. The standard InChI is InChI=1S/C24H21FN2O3/c1-15-7-8-17(11-16(15)2)14-29-21-10-9-18(13-22(21)28-3)23-26-24(30-27-23)19-5-4-6-20(25)12-19/h4-13H,14H2,1-3H3. The molecule has 0 saturated carbocycles. The van der Waals surface area contributed by atoms with E-state index in [0.29, 0.717) is 35.1 Å². The highest BCUT2D eigenvalue weighted by Gasteiger charge is 2.14. The molecule has 0 saturated heterocycles. The zero-order valence-electron chi connectivity index (χ0n) is 17.0. The van der Waals surface area contributed by atoms with E-state index in [1.54, 1.807) is 25.3 Å². The summed E-state index contributed by atoms with van der Waals surface area (Å²) in [5.41, 5.74) is 4.79. The van der Waals surface area contributed by atoms with Crippen molar-refractivity contribution in [3.8, 4) is 34.3 Å². The van der Waals surface area contributed by atoms with Crippen molar-refractivity contribution in [2.24, 2.45) is 0 Å². The van der Waals surface area contributed by atoms with Gasteiger partial charge in [0.05, 0.1) is 7.11 Å². The predicted octanol–water partition coefficient (Wildman–Crippen LogP) is 5.75. The van der Waals surface area contributed by atoms with Gasteiger partial charge in [-0.05, 0) is 66.9 Å². The number of hydrogen-bond donors (Lipinski definition) is 0. The van der Waals surface area contributed by atoms with Gasteiger partial charge in [-0.25, -0.2) is 4.39 Å². The minimum absolute atomic E-state index is 0.249. The maximum absolute atomic E-state index is 13.4. The molecule has 0 unspecified atom stereocenters. The summed E-state index contributed by atoms with van der Waals surface area (Å²) in [6.45, 7) is 4.60. The van der Waals surface area contributed by atoms with Crippen LogP contribution in [-0.4, -0.2) is 17.3 Å². The van der Waals surface area contributed by atoms with E-state index in [0.717, 1.165) is 5.56 Å². The van der Waals surface area contributed by atoms with E-state index in [9.17, 15) is 4.39 Å². The topological polar surface area (TPSA) is 57.4 Å². The highest BCUT2D eigenvalue weighted by Crippen LogP contribution is 2.33. The molecule has 0 bridgehead atoms. The third kappa shape index (κ3) is 4.17. The molecule has 3 aromatic carbocycles. The minimum Gasteiger partial charge on any atom is -0.493 e. The van der Waals surface area contributed by atoms with Crippen LogP contribution in [0.25, 0.3) is 22.8 Å². The van der Waals surface area contributed by atoms with Gasteiger partial charge in [0.15, 0.2) is 11.5 Å². The van der Waals surface area contributed by atoms with Gasteiger partial charge in [0.2, 0.25) is 5.82 Å². The van der Waals surface area contributed by atoms with Crippen LogP contribution in [0.5, 0.6) is 11.5 Å². The molecule has 4 rings (SSSR count). The first-order chi connectivity index (χ1) is 14.5. The Hall–Kier alpha value is -3.67. The lowest BCUT2D eigenvalue weighted by molar-refractivity contribution is 0.284. The number of rotatable bonds is 6. The summed E-state index contributed by atoms with van der Waals surface area (Å²) in [6, 6.07) is 17.7. The van der Waals surface area contributed by atoms with Gasteiger partial charge < -0.3 is 14.0 Å². The molecular weight excluding hydrogens is 383 g/mol. The van der Waals surface area contributed by atoms with Gasteiger partial charge in [0.25, 0.3) is 5.89 Å². The Bertz CT molecular complexity index is 1190. The van der Waals surface area contributed by atoms with Crippen molar-refractivity contribution in [2.75, 3.05) is 7.11 Å². The number of ether oxygens (including phenoxy) is 2. The first-order valence-corrected chi connectivity index (χ1v) is 9.50. The average molecular weight is 404 g/mol. The smallest absolute Gasteiger partial charge is 0.258 e. The van der Waals surface area contributed by atoms with Crippen molar-refractivity contribution in [3.05, 3.63) is 83.2 Å². The second-order valence-corrected chi connectivity index (χ2v) is 7.01. The molecule has 0 fully saturated rings. The second-order valence-electron chi connectivity index (χ2n) is 7.01. The summed E-state index contributed by atoms with van der Waals surface area (Å²) in [7, 11) is 1.58. The van der Waals surface area contributed by atoms with Crippen LogP contribution >= 0.6 is 0 Å². The van der Waals surface area contributed by atoms with Gasteiger partial charge >= 0.3 is 0 Å². The molecule has 0 aliphatic heterocycles. The largest absolute Gasteiger partial charge is 0.493 e. The van der Waals surface area contributed by atoms with E-state index in [2.05, 4.69) is 42.2 Å². The van der Waals surface area contributed by atoms with Gasteiger partial charge in [-0.2, -0.15) is 4.98 Å². The van der Waals surface area contributed by atoms with Crippen LogP contribution in [0.3, 0.4) is 0 Å². The maximum Gasteiger partial charge on any atom is 0.258 e. The molecular formula is C24H21FN2O3. The molecule has 0 spiro atoms. The normalized spacial score (nSPS) is 10.8. The molecule has 0 radical (unpaired) electrons. The van der Waals surface area contributed by atoms with Crippen LogP contribution in [-0.2, 0) is 6.61 Å². The molecule has 1 aromatic heterocycles. The van der Waals surface area contributed by atoms with Gasteiger partial charge in [0, 0.05) is 11.1 Å². The highest BCUT2D eigenvalue weighted by atomic mass is 19.1. The number of nitrogens with zero attached hydrogens (tertiary/aromatic N) is 2. The number of halogens is 1. The average Bonchev–Trinajstić information content (AvgIpc) is 3.25. The van der Waals surface area contributed by atoms with E-state index in [-0.39, 0.29) is 11.7 Å². The van der Waals surface area contributed by atoms with Crippen LogP contribution in [0.4, 0.5) is 4.39 Å². The quantitative estimate of drug-likeness (QED) is 0.410. The molecule has 0 aliphatic rings. The third-order valence-corrected chi connectivity index (χ3v) is 4.89.